The lowest BCUT2D eigenvalue weighted by Gasteiger charge is -2.29. The number of fused-ring (bicyclic) bond motifs is 1. The summed E-state index contributed by atoms with van der Waals surface area (Å²) in [6.07, 6.45) is -0.129. The number of cyclic esters (lactones) is 1. The van der Waals surface area contributed by atoms with E-state index in [4.69, 9.17) is 21.9 Å². The first-order valence-electron chi connectivity index (χ1n) is 36.9. The number of rotatable bonds is 30. The van der Waals surface area contributed by atoms with Crippen LogP contribution >= 0.6 is 0 Å². The molecule has 0 spiro atoms. The van der Waals surface area contributed by atoms with Gasteiger partial charge in [-0.3, -0.25) is 81.5 Å². The van der Waals surface area contributed by atoms with Crippen molar-refractivity contribution in [3.05, 3.63) is 101 Å². The zero-order chi connectivity index (χ0) is 83.1. The van der Waals surface area contributed by atoms with Gasteiger partial charge in [-0.2, -0.15) is 0 Å². The number of carbonyl (C=O) groups is 18. The summed E-state index contributed by atoms with van der Waals surface area (Å²) in [4.78, 5) is 252. The second-order valence-electron chi connectivity index (χ2n) is 27.9. The van der Waals surface area contributed by atoms with Crippen LogP contribution in [0.25, 0.3) is 10.9 Å². The number of unbranched alkanes of at least 4 members (excludes halogenated alkanes) is 4. The number of aliphatic hydroxyl groups is 1. The van der Waals surface area contributed by atoms with E-state index in [1.165, 1.54) is 45.9 Å². The highest BCUT2D eigenvalue weighted by Crippen LogP contribution is 2.25. The molecular formula is C76H102N14O22. The van der Waals surface area contributed by atoms with Crippen LogP contribution in [0.1, 0.15) is 157 Å². The third-order valence-corrected chi connectivity index (χ3v) is 18.8. The molecule has 0 aliphatic carbocycles. The number of anilines is 1. The summed E-state index contributed by atoms with van der Waals surface area (Å²) in [7, 11) is 0. The zero-order valence-corrected chi connectivity index (χ0v) is 63.3. The summed E-state index contributed by atoms with van der Waals surface area (Å²) >= 11 is 0. The first-order chi connectivity index (χ1) is 53.0. The molecule has 0 bridgehead atoms. The molecule has 1 aliphatic heterocycles. The molecule has 112 heavy (non-hydrogen) atoms. The number of H-pyrrole nitrogens is 1. The van der Waals surface area contributed by atoms with Gasteiger partial charge in [0.15, 0.2) is 29.2 Å². The number of carboxylic acids is 2. The number of Topliss-reactive ketones (excluding diaryl/α,β-unsaturated/α-hetero) is 4. The summed E-state index contributed by atoms with van der Waals surface area (Å²) < 4.78 is 5.72. The fraction of sp³-hybridized carbons (Fsp3) is 0.500. The summed E-state index contributed by atoms with van der Waals surface area (Å²) in [6, 6.07) is 4.27. The Hall–Kier alpha value is -11.8. The van der Waals surface area contributed by atoms with Gasteiger partial charge in [0.05, 0.1) is 44.6 Å². The predicted molar refractivity (Wildman–Crippen MR) is 402 cm³/mol. The average molecular weight is 1560 g/mol. The minimum atomic E-state index is -2.54. The number of para-hydroxylation sites is 2. The first-order valence-corrected chi connectivity index (χ1v) is 36.9. The van der Waals surface area contributed by atoms with Gasteiger partial charge in [-0.25, -0.2) is 4.79 Å². The van der Waals surface area contributed by atoms with E-state index >= 15 is 0 Å². The first kappa shape index (κ1) is 90.8. The van der Waals surface area contributed by atoms with E-state index < -0.39 is 248 Å². The van der Waals surface area contributed by atoms with Crippen molar-refractivity contribution in [1.29, 1.82) is 0 Å². The van der Waals surface area contributed by atoms with Gasteiger partial charge in [-0.15, -0.1) is 0 Å². The normalized spacial score (nSPS) is 21.7. The number of aliphatic carboxylic acids is 2. The molecule has 2 heterocycles. The minimum absolute atomic E-state index is 0.00667. The van der Waals surface area contributed by atoms with Gasteiger partial charge in [0.2, 0.25) is 59.1 Å². The molecule has 0 radical (unpaired) electrons. The average Bonchev–Trinajstić information content (AvgIpc) is 1.44. The number of aliphatic hydroxyl groups excluding tert-OH is 1. The number of carboxylic acid groups (broad SMARTS) is 2. The molecule has 0 saturated carbocycles. The molecule has 1 fully saturated rings. The number of hydrogen-bond donors (Lipinski definition) is 17. The van der Waals surface area contributed by atoms with E-state index in [0.29, 0.717) is 16.5 Å². The molecule has 1 saturated heterocycles. The number of esters is 1. The molecule has 13 atom stereocenters. The van der Waals surface area contributed by atoms with Crippen LogP contribution in [0.4, 0.5) is 5.69 Å². The standard InChI is InChI=1S/C76H102N14O22/c1-7-8-9-10-11-17-44-23-25-45(26-24-44)71(106)88-55(31-46-35-80-51-21-15-13-18-47(46)51)74(109)86-53(33-60(79)95)57(92)29-41(4)69(104)89-65-43(6)112-76(111)66(67(102)48-19-12-14-20-50(48)78)90-72(107)49(39(2)30-63(98)99)32-59(94)56(38-91)85-62(97)36-81-70(105)42(5)83-68(103)40(3)28-58(93)54(34-64(100)101)87-73(108)52(22-16-27-77)84-61(96)37-82-75(65)110/h12-15,18-21,23-26,35,39-43,49,52-56,65-66,80,91H,7-11,16-17,22,27-34,36-38,77-78H2,1-6H3,(H2,79,95)(H,81,105)(H,82,110)(H,83,103)(H,84,96)(H,85,97)(H,86,109)(H,87,108)(H,88,106)(H,89,104)(H,90,107)(H,98,99)(H,100,101)/t39-,40+,41-,42+,43-,49+,52+,53-,54+,55+,56-,65+,66+/m1/s1. The van der Waals surface area contributed by atoms with Crippen LogP contribution in [0.2, 0.25) is 0 Å². The van der Waals surface area contributed by atoms with Crippen molar-refractivity contribution in [3.63, 3.8) is 0 Å². The maximum Gasteiger partial charge on any atom is 0.337 e. The minimum Gasteiger partial charge on any atom is -0.481 e. The Kier molecular flexibility index (Phi) is 36.3. The van der Waals surface area contributed by atoms with Crippen molar-refractivity contribution < 1.29 is 106 Å². The van der Waals surface area contributed by atoms with Crippen molar-refractivity contribution in [2.24, 2.45) is 35.1 Å². The van der Waals surface area contributed by atoms with Crippen LogP contribution in [-0.4, -0.2) is 207 Å². The Morgan fingerprint density at radius 2 is 1.27 bits per heavy atom. The van der Waals surface area contributed by atoms with E-state index in [0.717, 1.165) is 57.1 Å². The van der Waals surface area contributed by atoms with Crippen molar-refractivity contribution in [3.8, 4) is 0 Å². The van der Waals surface area contributed by atoms with Gasteiger partial charge in [0.1, 0.15) is 36.3 Å². The van der Waals surface area contributed by atoms with Crippen LogP contribution in [0.3, 0.4) is 0 Å². The van der Waals surface area contributed by atoms with Crippen molar-refractivity contribution >= 4 is 123 Å². The predicted octanol–water partition coefficient (Wildman–Crippen LogP) is -0.964. The lowest BCUT2D eigenvalue weighted by molar-refractivity contribution is -0.155. The molecule has 36 heteroatoms. The Morgan fingerprint density at radius 3 is 1.90 bits per heavy atom. The largest absolute Gasteiger partial charge is 0.481 e. The number of benzene rings is 3. The van der Waals surface area contributed by atoms with Gasteiger partial charge >= 0.3 is 17.9 Å². The number of primary amides is 1. The van der Waals surface area contributed by atoms with Crippen LogP contribution in [0.15, 0.2) is 79.0 Å². The number of amides is 11. The Bertz CT molecular complexity index is 4090. The molecular weight excluding hydrogens is 1460 g/mol. The van der Waals surface area contributed by atoms with Crippen LogP contribution in [0.5, 0.6) is 0 Å². The molecule has 3 aromatic carbocycles. The maximum absolute atomic E-state index is 14.8. The maximum atomic E-state index is 14.8. The number of ketones is 4. The molecule has 11 amide bonds. The Morgan fingerprint density at radius 1 is 0.634 bits per heavy atom. The number of hydrogen-bond acceptors (Lipinski definition) is 22. The van der Waals surface area contributed by atoms with Gasteiger partial charge in [-0.05, 0) is 93.5 Å². The SMILES string of the molecule is CCCCCCCc1ccc(C(=O)N[C@@H](Cc2c[nH]c3ccccc23)C(=O)N[C@H](CC(N)=O)C(=O)C[C@@H](C)C(=O)N[C@@H]2C(=O)NCC(=O)N[C@@H](CCCN)C(=O)N[C@@H](CC(=O)O)C(=O)C[C@H](C)C(=O)N[C@@H](C)C(=O)NCC(=O)N[C@H](CO)C(=O)C[C@@H]([C@H](C)CC(=O)O)C(=O)N[C@@H](C(=O)c3ccccc3N)C(=O)O[C@@H]2C)cc1. The highest BCUT2D eigenvalue weighted by molar-refractivity contribution is 6.16. The van der Waals surface area contributed by atoms with E-state index in [1.807, 2.05) is 0 Å². The number of aromatic nitrogens is 1. The monoisotopic (exact) mass is 1560 g/mol. The lowest BCUT2D eigenvalue weighted by Crippen LogP contribution is -2.58. The quantitative estimate of drug-likeness (QED) is 0.00982. The van der Waals surface area contributed by atoms with Crippen LogP contribution in [0, 0.1) is 23.7 Å². The van der Waals surface area contributed by atoms with Crippen molar-refractivity contribution in [1.82, 2.24) is 58.2 Å². The molecule has 1 aliphatic rings. The van der Waals surface area contributed by atoms with E-state index in [1.54, 1.807) is 54.7 Å². The number of nitrogens with one attached hydrogen (secondary N) is 11. The third kappa shape index (κ3) is 28.6. The lowest BCUT2D eigenvalue weighted by atomic mass is 9.84. The third-order valence-electron chi connectivity index (χ3n) is 18.8. The molecule has 1 aromatic heterocycles. The zero-order valence-electron chi connectivity index (χ0n) is 63.3. The number of ether oxygens (including phenoxy) is 1. The Balaban J connectivity index is 1.54. The number of carbonyl (C=O) groups excluding carboxylic acids is 16. The van der Waals surface area contributed by atoms with Gasteiger partial charge in [-0.1, -0.05) is 95.8 Å². The highest BCUT2D eigenvalue weighted by atomic mass is 16.5. The van der Waals surface area contributed by atoms with Crippen molar-refractivity contribution in [2.75, 3.05) is 32.0 Å². The molecule has 4 aromatic rings. The topological polar surface area (TPSA) is 591 Å². The molecule has 5 rings (SSSR count). The van der Waals surface area contributed by atoms with Crippen LogP contribution < -0.4 is 70.4 Å². The smallest absolute Gasteiger partial charge is 0.337 e. The molecule has 36 nitrogen and oxygen atoms in total. The van der Waals surface area contributed by atoms with E-state index in [9.17, 15) is 102 Å². The van der Waals surface area contributed by atoms with Gasteiger partial charge < -0.3 is 95.4 Å². The highest BCUT2D eigenvalue weighted by Gasteiger charge is 2.42. The van der Waals surface area contributed by atoms with E-state index in [-0.39, 0.29) is 37.1 Å². The molecule has 20 N–H and O–H groups in total. The molecule has 608 valence electrons. The fourth-order valence-electron chi connectivity index (χ4n) is 12.2. The fourth-order valence-corrected chi connectivity index (χ4v) is 12.2. The van der Waals surface area contributed by atoms with Crippen molar-refractivity contribution in [2.45, 2.75) is 192 Å². The second kappa shape index (κ2) is 44.7. The summed E-state index contributed by atoms with van der Waals surface area (Å²) in [5.74, 6) is -27.4. The number of nitrogens with two attached hydrogens (primary N) is 3. The van der Waals surface area contributed by atoms with Crippen LogP contribution in [-0.2, 0) is 94.3 Å². The second-order valence-corrected chi connectivity index (χ2v) is 27.9. The molecule has 0 unspecified atom stereocenters. The van der Waals surface area contributed by atoms with Gasteiger partial charge in [0.25, 0.3) is 5.91 Å². The summed E-state index contributed by atoms with van der Waals surface area (Å²) in [6.45, 7) is 4.64. The number of aryl methyl sites for hydroxylation is 1. The number of nitrogen functional groups attached to an aromatic ring is 1. The summed E-state index contributed by atoms with van der Waals surface area (Å²) in [5, 5.41) is 54.1. The number of aromatic amines is 1. The van der Waals surface area contributed by atoms with Gasteiger partial charge in [0, 0.05) is 83.8 Å². The summed E-state index contributed by atoms with van der Waals surface area (Å²) in [5.41, 5.74) is 19.3. The Labute approximate surface area is 645 Å². The van der Waals surface area contributed by atoms with E-state index in [2.05, 4.69) is 65.1 Å².